The summed E-state index contributed by atoms with van der Waals surface area (Å²) in [5.41, 5.74) is 1.29. The Hall–Kier alpha value is -3.19. The highest BCUT2D eigenvalue weighted by Gasteiger charge is 2.32. The number of nitrogens with one attached hydrogen (secondary N) is 1. The number of carbonyl (C=O) groups excluding carboxylic acids is 2. The lowest BCUT2D eigenvalue weighted by molar-refractivity contribution is -0.143. The van der Waals surface area contributed by atoms with E-state index in [9.17, 15) is 14.0 Å². The van der Waals surface area contributed by atoms with Crippen molar-refractivity contribution in [3.63, 3.8) is 0 Å². The lowest BCUT2D eigenvalue weighted by Crippen LogP contribution is -2.55. The van der Waals surface area contributed by atoms with Crippen LogP contribution >= 0.6 is 15.9 Å². The fraction of sp³-hybridized carbons (Fsp3) is 0.286. The molecule has 5 nitrogen and oxygen atoms in total. The van der Waals surface area contributed by atoms with Crippen molar-refractivity contribution >= 4 is 27.7 Å². The minimum atomic E-state index is -0.794. The second kappa shape index (κ2) is 12.0. The van der Waals surface area contributed by atoms with E-state index in [1.807, 2.05) is 75.4 Å². The summed E-state index contributed by atoms with van der Waals surface area (Å²) in [7, 11) is 0. The zero-order chi connectivity index (χ0) is 25.4. The molecule has 0 aromatic heterocycles. The quantitative estimate of drug-likeness (QED) is 0.388. The highest BCUT2D eigenvalue weighted by atomic mass is 79.9. The van der Waals surface area contributed by atoms with Crippen LogP contribution in [0, 0.1) is 5.82 Å². The Kier molecular flexibility index (Phi) is 9.04. The van der Waals surface area contributed by atoms with Crippen molar-refractivity contribution in [3.05, 3.63) is 100 Å². The number of rotatable bonds is 9. The van der Waals surface area contributed by atoms with Crippen molar-refractivity contribution in [2.24, 2.45) is 0 Å². The molecule has 0 unspecified atom stereocenters. The van der Waals surface area contributed by atoms with Crippen LogP contribution in [0.3, 0.4) is 0 Å². The molecular formula is C28H30BrFN2O3. The molecule has 0 aliphatic rings. The average Bonchev–Trinajstić information content (AvgIpc) is 2.81. The Morgan fingerprint density at radius 3 is 2.20 bits per heavy atom. The maximum Gasteiger partial charge on any atom is 0.261 e. The van der Waals surface area contributed by atoms with Gasteiger partial charge in [-0.25, -0.2) is 4.39 Å². The van der Waals surface area contributed by atoms with Gasteiger partial charge in [0.15, 0.2) is 18.2 Å². The second-order valence-corrected chi connectivity index (χ2v) is 10.2. The zero-order valence-electron chi connectivity index (χ0n) is 20.1. The fourth-order valence-electron chi connectivity index (χ4n) is 3.58. The van der Waals surface area contributed by atoms with Gasteiger partial charge < -0.3 is 15.0 Å². The number of benzene rings is 3. The molecular weight excluding hydrogens is 511 g/mol. The molecule has 0 saturated carbocycles. The van der Waals surface area contributed by atoms with Crippen LogP contribution in [0.5, 0.6) is 5.75 Å². The Labute approximate surface area is 214 Å². The monoisotopic (exact) mass is 540 g/mol. The summed E-state index contributed by atoms with van der Waals surface area (Å²) in [4.78, 5) is 28.5. The van der Waals surface area contributed by atoms with E-state index in [4.69, 9.17) is 4.74 Å². The third-order valence-corrected chi connectivity index (χ3v) is 5.75. The van der Waals surface area contributed by atoms with Crippen LogP contribution in [-0.2, 0) is 22.6 Å². The molecule has 7 heteroatoms. The summed E-state index contributed by atoms with van der Waals surface area (Å²) in [6, 6.07) is 22.2. The number of hydrogen-bond acceptors (Lipinski definition) is 3. The lowest BCUT2D eigenvalue weighted by Gasteiger charge is -2.33. The number of carbonyl (C=O) groups is 2. The first-order chi connectivity index (χ1) is 16.6. The smallest absolute Gasteiger partial charge is 0.261 e. The van der Waals surface area contributed by atoms with Crippen LogP contribution in [0.1, 0.15) is 31.9 Å². The molecule has 0 aliphatic carbocycles. The summed E-state index contributed by atoms with van der Waals surface area (Å²) in [5.74, 6) is -1.24. The van der Waals surface area contributed by atoms with E-state index in [-0.39, 0.29) is 18.2 Å². The van der Waals surface area contributed by atoms with Crippen molar-refractivity contribution in [2.45, 2.75) is 45.3 Å². The van der Waals surface area contributed by atoms with Crippen LogP contribution in [0.15, 0.2) is 83.3 Å². The van der Waals surface area contributed by atoms with Gasteiger partial charge in [-0.05, 0) is 56.2 Å². The van der Waals surface area contributed by atoms with E-state index in [1.165, 1.54) is 17.0 Å². The first-order valence-electron chi connectivity index (χ1n) is 11.4. The maximum absolute atomic E-state index is 14.1. The maximum atomic E-state index is 14.1. The lowest BCUT2D eigenvalue weighted by atomic mass is 10.0. The third-order valence-electron chi connectivity index (χ3n) is 5.22. The largest absolute Gasteiger partial charge is 0.481 e. The molecule has 2 amide bonds. The Morgan fingerprint density at radius 1 is 0.943 bits per heavy atom. The van der Waals surface area contributed by atoms with Gasteiger partial charge in [-0.15, -0.1) is 0 Å². The Balaban J connectivity index is 1.93. The molecule has 35 heavy (non-hydrogen) atoms. The molecule has 1 N–H and O–H groups in total. The molecule has 0 radical (unpaired) electrons. The van der Waals surface area contributed by atoms with E-state index >= 15 is 0 Å². The zero-order valence-corrected chi connectivity index (χ0v) is 21.7. The Morgan fingerprint density at radius 2 is 1.57 bits per heavy atom. The van der Waals surface area contributed by atoms with Crippen LogP contribution in [0.25, 0.3) is 0 Å². The van der Waals surface area contributed by atoms with Gasteiger partial charge in [0.2, 0.25) is 5.91 Å². The first kappa shape index (κ1) is 26.4. The molecule has 0 saturated heterocycles. The molecule has 3 aromatic carbocycles. The van der Waals surface area contributed by atoms with Crippen molar-refractivity contribution in [1.29, 1.82) is 0 Å². The molecule has 0 heterocycles. The number of halogens is 2. The van der Waals surface area contributed by atoms with E-state index < -0.39 is 29.9 Å². The van der Waals surface area contributed by atoms with Gasteiger partial charge in [-0.3, -0.25) is 9.59 Å². The second-order valence-electron chi connectivity index (χ2n) is 9.31. The van der Waals surface area contributed by atoms with Crippen molar-refractivity contribution < 1.29 is 18.7 Å². The molecule has 0 fully saturated rings. The highest BCUT2D eigenvalue weighted by Crippen LogP contribution is 2.19. The van der Waals surface area contributed by atoms with Crippen LogP contribution in [0.4, 0.5) is 4.39 Å². The summed E-state index contributed by atoms with van der Waals surface area (Å²) >= 11 is 3.43. The van der Waals surface area contributed by atoms with Gasteiger partial charge in [0, 0.05) is 23.0 Å². The van der Waals surface area contributed by atoms with E-state index in [0.717, 1.165) is 15.6 Å². The molecule has 184 valence electrons. The summed E-state index contributed by atoms with van der Waals surface area (Å²) in [6.45, 7) is 5.49. The summed E-state index contributed by atoms with van der Waals surface area (Å²) < 4.78 is 20.5. The van der Waals surface area contributed by atoms with Crippen molar-refractivity contribution in [3.8, 4) is 5.75 Å². The number of para-hydroxylation sites is 1. The Bertz CT molecular complexity index is 1130. The van der Waals surface area contributed by atoms with Gasteiger partial charge in [-0.1, -0.05) is 70.5 Å². The molecule has 0 bridgehead atoms. The van der Waals surface area contributed by atoms with Crippen LogP contribution in [-0.4, -0.2) is 34.9 Å². The van der Waals surface area contributed by atoms with Gasteiger partial charge in [-0.2, -0.15) is 0 Å². The summed E-state index contributed by atoms with van der Waals surface area (Å²) in [5, 5.41) is 3.01. The first-order valence-corrected chi connectivity index (χ1v) is 12.2. The molecule has 0 spiro atoms. The minimum Gasteiger partial charge on any atom is -0.481 e. The number of hydrogen-bond donors (Lipinski definition) is 1. The predicted octanol–water partition coefficient (Wildman–Crippen LogP) is 5.52. The predicted molar refractivity (Wildman–Crippen MR) is 138 cm³/mol. The standard InChI is InChI=1S/C28H30BrFN2O3/c1-28(2,3)31-27(34)24(17-20-9-5-4-6-10-20)32(18-21-13-15-22(29)16-14-21)26(33)19-35-25-12-8-7-11-23(25)30/h4-16,24H,17-19H2,1-3H3,(H,31,34)/t24-/m0/s1. The normalized spacial score (nSPS) is 12.0. The molecule has 3 rings (SSSR count). The van der Waals surface area contributed by atoms with Gasteiger partial charge in [0.05, 0.1) is 0 Å². The van der Waals surface area contributed by atoms with Crippen molar-refractivity contribution in [2.75, 3.05) is 6.61 Å². The van der Waals surface area contributed by atoms with Gasteiger partial charge in [0.25, 0.3) is 5.91 Å². The highest BCUT2D eigenvalue weighted by molar-refractivity contribution is 9.10. The van der Waals surface area contributed by atoms with Crippen molar-refractivity contribution in [1.82, 2.24) is 10.2 Å². The number of ether oxygens (including phenoxy) is 1. The number of nitrogens with zero attached hydrogens (tertiary/aromatic N) is 1. The van der Waals surface area contributed by atoms with Crippen LogP contribution in [0.2, 0.25) is 0 Å². The topological polar surface area (TPSA) is 58.6 Å². The number of amides is 2. The van der Waals surface area contributed by atoms with Crippen LogP contribution < -0.4 is 10.1 Å². The van der Waals surface area contributed by atoms with E-state index in [2.05, 4.69) is 21.2 Å². The molecule has 0 aliphatic heterocycles. The fourth-order valence-corrected chi connectivity index (χ4v) is 3.84. The average molecular weight is 541 g/mol. The van der Waals surface area contributed by atoms with Gasteiger partial charge >= 0.3 is 0 Å². The summed E-state index contributed by atoms with van der Waals surface area (Å²) in [6.07, 6.45) is 0.324. The van der Waals surface area contributed by atoms with E-state index in [1.54, 1.807) is 12.1 Å². The molecule has 3 aromatic rings. The third kappa shape index (κ3) is 8.21. The molecule has 1 atom stereocenters. The van der Waals surface area contributed by atoms with Gasteiger partial charge in [0.1, 0.15) is 6.04 Å². The van der Waals surface area contributed by atoms with E-state index in [0.29, 0.717) is 6.42 Å². The minimum absolute atomic E-state index is 0.0109. The SMILES string of the molecule is CC(C)(C)NC(=O)[C@H](Cc1ccccc1)N(Cc1ccc(Br)cc1)C(=O)COc1ccccc1F.